The molecule has 0 bridgehead atoms. The Morgan fingerprint density at radius 3 is 2.55 bits per heavy atom. The zero-order valence-corrected chi connectivity index (χ0v) is 21.6. The highest BCUT2D eigenvalue weighted by Crippen LogP contribution is 2.21. The van der Waals surface area contributed by atoms with Gasteiger partial charge >= 0.3 is 5.97 Å². The molecule has 4 amide bonds. The first-order chi connectivity index (χ1) is 18.0. The van der Waals surface area contributed by atoms with E-state index in [1.54, 1.807) is 13.1 Å². The SMILES string of the molecule is CCC(C)C(NC(=O)C1CCCN1C(=O)C(N)CC(N)=O)C(=O)NC(Cc1c[nH]c2ccccc12)C(=O)O. The third kappa shape index (κ3) is 6.68. The third-order valence-electron chi connectivity index (χ3n) is 7.08. The Kier molecular flexibility index (Phi) is 9.45. The van der Waals surface area contributed by atoms with Gasteiger partial charge in [-0.15, -0.1) is 0 Å². The Hall–Kier alpha value is -3.93. The summed E-state index contributed by atoms with van der Waals surface area (Å²) >= 11 is 0. The lowest BCUT2D eigenvalue weighted by Crippen LogP contribution is -2.58. The van der Waals surface area contributed by atoms with Crippen molar-refractivity contribution >= 4 is 40.5 Å². The minimum absolute atomic E-state index is 0.0505. The van der Waals surface area contributed by atoms with E-state index in [2.05, 4.69) is 15.6 Å². The number of nitrogens with zero attached hydrogens (tertiary/aromatic N) is 1. The average Bonchev–Trinajstić information content (AvgIpc) is 3.53. The fourth-order valence-corrected chi connectivity index (χ4v) is 4.75. The summed E-state index contributed by atoms with van der Waals surface area (Å²) in [5, 5.41) is 16.0. The molecule has 2 aromatic rings. The monoisotopic (exact) mass is 528 g/mol. The second-order valence-electron chi connectivity index (χ2n) is 9.80. The first-order valence-electron chi connectivity index (χ1n) is 12.8. The van der Waals surface area contributed by atoms with Crippen molar-refractivity contribution in [3.05, 3.63) is 36.0 Å². The summed E-state index contributed by atoms with van der Waals surface area (Å²) in [6, 6.07) is 3.20. The minimum Gasteiger partial charge on any atom is -0.480 e. The summed E-state index contributed by atoms with van der Waals surface area (Å²) in [5.74, 6) is -3.96. The van der Waals surface area contributed by atoms with Crippen molar-refractivity contribution in [3.63, 3.8) is 0 Å². The van der Waals surface area contributed by atoms with Crippen molar-refractivity contribution in [2.75, 3.05) is 6.54 Å². The molecule has 1 aliphatic heterocycles. The number of fused-ring (bicyclic) bond motifs is 1. The number of carbonyl (C=O) groups excluding carboxylic acids is 4. The lowest BCUT2D eigenvalue weighted by Gasteiger charge is -2.30. The highest BCUT2D eigenvalue weighted by molar-refractivity contribution is 5.95. The molecule has 12 nitrogen and oxygen atoms in total. The number of primary amides is 1. The summed E-state index contributed by atoms with van der Waals surface area (Å²) in [6.07, 6.45) is 2.89. The van der Waals surface area contributed by atoms with Crippen LogP contribution < -0.4 is 22.1 Å². The number of carbonyl (C=O) groups is 5. The highest BCUT2D eigenvalue weighted by atomic mass is 16.4. The number of rotatable bonds is 12. The number of carboxylic acids is 1. The van der Waals surface area contributed by atoms with Crippen LogP contribution in [0.15, 0.2) is 30.5 Å². The zero-order valence-electron chi connectivity index (χ0n) is 21.6. The number of likely N-dealkylation sites (tertiary alicyclic amines) is 1. The van der Waals surface area contributed by atoms with E-state index in [1.807, 2.05) is 31.2 Å². The van der Waals surface area contributed by atoms with E-state index in [1.165, 1.54) is 4.90 Å². The summed E-state index contributed by atoms with van der Waals surface area (Å²) in [7, 11) is 0. The summed E-state index contributed by atoms with van der Waals surface area (Å²) in [5.41, 5.74) is 12.5. The molecule has 0 saturated carbocycles. The molecule has 5 atom stereocenters. The lowest BCUT2D eigenvalue weighted by molar-refractivity contribution is -0.143. The van der Waals surface area contributed by atoms with Gasteiger partial charge < -0.3 is 37.1 Å². The molecular weight excluding hydrogens is 492 g/mol. The van der Waals surface area contributed by atoms with E-state index in [-0.39, 0.29) is 25.3 Å². The number of nitrogens with one attached hydrogen (secondary N) is 3. The van der Waals surface area contributed by atoms with E-state index in [4.69, 9.17) is 11.5 Å². The van der Waals surface area contributed by atoms with Crippen molar-refractivity contribution in [1.82, 2.24) is 20.5 Å². The van der Waals surface area contributed by atoms with Crippen LogP contribution in [0, 0.1) is 5.92 Å². The molecule has 1 aliphatic rings. The standard InChI is InChI=1S/C26H36N6O6/c1-3-14(2)22(31-23(34)20-9-6-10-32(20)25(36)17(27)12-21(28)33)24(35)30-19(26(37)38)11-15-13-29-18-8-5-4-7-16(15)18/h4-5,7-8,13-14,17,19-20,22,29H,3,6,9-12,27H2,1-2H3,(H2,28,33)(H,30,35)(H,31,34)(H,37,38). The van der Waals surface area contributed by atoms with Crippen LogP contribution in [0.2, 0.25) is 0 Å². The molecule has 1 saturated heterocycles. The number of aliphatic carboxylic acids is 1. The van der Waals surface area contributed by atoms with Gasteiger partial charge in [-0.05, 0) is 30.4 Å². The van der Waals surface area contributed by atoms with Crippen molar-refractivity contribution in [1.29, 1.82) is 0 Å². The number of hydrogen-bond donors (Lipinski definition) is 6. The smallest absolute Gasteiger partial charge is 0.326 e. The predicted octanol–water partition coefficient (Wildman–Crippen LogP) is 0.00440. The summed E-state index contributed by atoms with van der Waals surface area (Å²) in [4.78, 5) is 66.9. The molecule has 5 unspecified atom stereocenters. The molecule has 0 spiro atoms. The van der Waals surface area contributed by atoms with Crippen molar-refractivity contribution in [2.24, 2.45) is 17.4 Å². The lowest BCUT2D eigenvalue weighted by atomic mass is 9.96. The van der Waals surface area contributed by atoms with Crippen LogP contribution in [0.1, 0.15) is 45.1 Å². The number of carboxylic acid groups (broad SMARTS) is 1. The van der Waals surface area contributed by atoms with Crippen LogP contribution in [0.5, 0.6) is 0 Å². The molecule has 1 fully saturated rings. The molecule has 1 aromatic heterocycles. The first kappa shape index (κ1) is 28.6. The first-order valence-corrected chi connectivity index (χ1v) is 12.8. The van der Waals surface area contributed by atoms with E-state index < -0.39 is 53.8 Å². The van der Waals surface area contributed by atoms with Gasteiger partial charge in [-0.1, -0.05) is 38.5 Å². The third-order valence-corrected chi connectivity index (χ3v) is 7.08. The molecule has 0 radical (unpaired) electrons. The van der Waals surface area contributed by atoms with Crippen LogP contribution in [0.25, 0.3) is 10.9 Å². The molecule has 206 valence electrons. The number of aromatic nitrogens is 1. The van der Waals surface area contributed by atoms with Crippen LogP contribution in [-0.2, 0) is 30.4 Å². The summed E-state index contributed by atoms with van der Waals surface area (Å²) in [6.45, 7) is 3.92. The summed E-state index contributed by atoms with van der Waals surface area (Å²) < 4.78 is 0. The van der Waals surface area contributed by atoms with Gasteiger partial charge in [-0.25, -0.2) is 4.79 Å². The molecule has 12 heteroatoms. The van der Waals surface area contributed by atoms with Crippen LogP contribution in [0.4, 0.5) is 0 Å². The van der Waals surface area contributed by atoms with Crippen LogP contribution in [0.3, 0.4) is 0 Å². The molecule has 1 aromatic carbocycles. The molecule has 38 heavy (non-hydrogen) atoms. The van der Waals surface area contributed by atoms with E-state index in [0.717, 1.165) is 16.5 Å². The second-order valence-corrected chi connectivity index (χ2v) is 9.80. The Labute approximate surface area is 220 Å². The highest BCUT2D eigenvalue weighted by Gasteiger charge is 2.39. The van der Waals surface area contributed by atoms with Gasteiger partial charge in [0.2, 0.25) is 23.6 Å². The fourth-order valence-electron chi connectivity index (χ4n) is 4.75. The van der Waals surface area contributed by atoms with Gasteiger partial charge in [0.25, 0.3) is 0 Å². The normalized spacial score (nSPS) is 18.4. The Morgan fingerprint density at radius 1 is 1.18 bits per heavy atom. The maximum absolute atomic E-state index is 13.3. The number of H-pyrrole nitrogens is 1. The number of aromatic amines is 1. The molecule has 2 heterocycles. The van der Waals surface area contributed by atoms with E-state index in [9.17, 15) is 29.1 Å². The molecular formula is C26H36N6O6. The van der Waals surface area contributed by atoms with Crippen molar-refractivity contribution in [3.8, 4) is 0 Å². The number of para-hydroxylation sites is 1. The Morgan fingerprint density at radius 2 is 1.89 bits per heavy atom. The Balaban J connectivity index is 1.72. The number of hydrogen-bond acceptors (Lipinski definition) is 6. The van der Waals surface area contributed by atoms with E-state index >= 15 is 0 Å². The van der Waals surface area contributed by atoms with E-state index in [0.29, 0.717) is 19.3 Å². The van der Waals surface area contributed by atoms with Crippen LogP contribution >= 0.6 is 0 Å². The van der Waals surface area contributed by atoms with Gasteiger partial charge in [0.1, 0.15) is 18.1 Å². The minimum atomic E-state index is -1.22. The maximum Gasteiger partial charge on any atom is 0.326 e. The largest absolute Gasteiger partial charge is 0.480 e. The molecule has 8 N–H and O–H groups in total. The second kappa shape index (κ2) is 12.5. The van der Waals surface area contributed by atoms with Crippen molar-refractivity contribution < 1.29 is 29.1 Å². The van der Waals surface area contributed by atoms with Crippen molar-refractivity contribution in [2.45, 2.75) is 70.1 Å². The van der Waals surface area contributed by atoms with Gasteiger partial charge in [-0.2, -0.15) is 0 Å². The van der Waals surface area contributed by atoms with Crippen LogP contribution in [-0.4, -0.2) is 75.3 Å². The number of amides is 4. The molecule has 0 aliphatic carbocycles. The topological polar surface area (TPSA) is 201 Å². The van der Waals surface area contributed by atoms with Gasteiger partial charge in [-0.3, -0.25) is 19.2 Å². The molecule has 3 rings (SSSR count). The average molecular weight is 529 g/mol. The van der Waals surface area contributed by atoms with Gasteiger partial charge in [0, 0.05) is 30.1 Å². The maximum atomic E-state index is 13.3. The van der Waals surface area contributed by atoms with Gasteiger partial charge in [0.15, 0.2) is 0 Å². The Bertz CT molecular complexity index is 1200. The number of nitrogens with two attached hydrogens (primary N) is 2. The number of benzene rings is 1. The fraction of sp³-hybridized carbons (Fsp3) is 0.500. The quantitative estimate of drug-likeness (QED) is 0.222. The van der Waals surface area contributed by atoms with Gasteiger partial charge in [0.05, 0.1) is 12.5 Å². The zero-order chi connectivity index (χ0) is 28.0. The predicted molar refractivity (Wildman–Crippen MR) is 139 cm³/mol.